The highest BCUT2D eigenvalue weighted by atomic mass is 16.6. The Hall–Kier alpha value is -3.63. The first-order chi connectivity index (χ1) is 22.1. The maximum absolute atomic E-state index is 14.1. The summed E-state index contributed by atoms with van der Waals surface area (Å²) in [4.78, 5) is 74.9. The molecule has 0 bridgehead atoms. The number of nitrogens with one attached hydrogen (secondary N) is 3. The molecule has 1 aromatic heterocycles. The molecule has 2 fully saturated rings. The summed E-state index contributed by atoms with van der Waals surface area (Å²) < 4.78 is 1.72. The van der Waals surface area contributed by atoms with E-state index < -0.39 is 36.0 Å². The molecule has 0 radical (unpaired) electrons. The number of hydrogen-bond donors (Lipinski definition) is 3. The molecule has 6 atom stereocenters. The van der Waals surface area contributed by atoms with Crippen LogP contribution < -0.4 is 20.8 Å². The third-order valence-electron chi connectivity index (χ3n) is 9.90. The number of unbranched alkanes of at least 4 members (excludes halogenated alkanes) is 2. The van der Waals surface area contributed by atoms with Crippen LogP contribution in [0.3, 0.4) is 0 Å². The van der Waals surface area contributed by atoms with Gasteiger partial charge in [0.25, 0.3) is 0 Å². The van der Waals surface area contributed by atoms with Crippen LogP contribution in [0, 0.1) is 11.8 Å². The van der Waals surface area contributed by atoms with Gasteiger partial charge in [0.05, 0.1) is 5.69 Å². The van der Waals surface area contributed by atoms with E-state index in [2.05, 4.69) is 29.0 Å². The summed E-state index contributed by atoms with van der Waals surface area (Å²) in [7, 11) is 1.60. The van der Waals surface area contributed by atoms with E-state index in [1.807, 2.05) is 33.0 Å². The van der Waals surface area contributed by atoms with Gasteiger partial charge in [-0.3, -0.25) is 24.0 Å². The van der Waals surface area contributed by atoms with Gasteiger partial charge in [-0.1, -0.05) is 59.1 Å². The van der Waals surface area contributed by atoms with Crippen molar-refractivity contribution in [2.75, 3.05) is 13.7 Å². The number of piperidine rings is 1. The second-order valence-electron chi connectivity index (χ2n) is 13.3. The molecule has 11 nitrogen and oxygen atoms in total. The van der Waals surface area contributed by atoms with E-state index in [4.69, 9.17) is 4.84 Å². The Kier molecular flexibility index (Phi) is 12.5. The zero-order valence-electron chi connectivity index (χ0n) is 28.2. The fourth-order valence-corrected chi connectivity index (χ4v) is 6.80. The average molecular weight is 640 g/mol. The number of amides is 4. The number of carbonyl (C=O) groups is 5. The second-order valence-corrected chi connectivity index (χ2v) is 13.3. The molecule has 0 aromatic carbocycles. The number of ketones is 1. The summed E-state index contributed by atoms with van der Waals surface area (Å²) in [5.41, 5.74) is 2.81. The Labute approximate surface area is 273 Å². The van der Waals surface area contributed by atoms with Crippen molar-refractivity contribution < 1.29 is 28.8 Å². The van der Waals surface area contributed by atoms with Gasteiger partial charge in [-0.25, -0.2) is 0 Å². The van der Waals surface area contributed by atoms with Gasteiger partial charge in [-0.2, -0.15) is 4.73 Å². The van der Waals surface area contributed by atoms with Crippen molar-refractivity contribution in [2.24, 2.45) is 11.8 Å². The van der Waals surface area contributed by atoms with Gasteiger partial charge in [0, 0.05) is 37.6 Å². The minimum atomic E-state index is -0.991. The Balaban J connectivity index is 1.66. The molecule has 46 heavy (non-hydrogen) atoms. The van der Waals surface area contributed by atoms with Crippen LogP contribution in [0.4, 0.5) is 0 Å². The smallest absolute Gasteiger partial charge is 0.246 e. The summed E-state index contributed by atoms with van der Waals surface area (Å²) in [6.45, 7) is 8.29. The summed E-state index contributed by atoms with van der Waals surface area (Å²) in [5, 5.41) is 8.93. The van der Waals surface area contributed by atoms with Crippen molar-refractivity contribution in [1.82, 2.24) is 25.6 Å². The number of aromatic nitrogens is 1. The molecule has 1 aliphatic carbocycles. The lowest BCUT2D eigenvalue weighted by atomic mass is 9.91. The number of hydrogen-bond acceptors (Lipinski definition) is 6. The topological polar surface area (TPSA) is 139 Å². The molecule has 3 N–H and O–H groups in total. The molecule has 0 saturated carbocycles. The van der Waals surface area contributed by atoms with Crippen LogP contribution in [-0.2, 0) is 36.8 Å². The number of carbonyl (C=O) groups excluding carboxylic acids is 5. The Bertz CT molecular complexity index is 1300. The van der Waals surface area contributed by atoms with Crippen LogP contribution in [0.15, 0.2) is 12.3 Å². The molecule has 11 heteroatoms. The molecule has 2 aliphatic heterocycles. The van der Waals surface area contributed by atoms with Crippen molar-refractivity contribution in [3.05, 3.63) is 29.1 Å². The third kappa shape index (κ3) is 8.39. The van der Waals surface area contributed by atoms with Crippen LogP contribution in [0.1, 0.15) is 109 Å². The molecule has 4 rings (SSSR count). The highest BCUT2D eigenvalue weighted by molar-refractivity contribution is 5.98. The number of allylic oxidation sites excluding steroid dienone is 1. The van der Waals surface area contributed by atoms with Gasteiger partial charge >= 0.3 is 0 Å². The number of fused-ring (bicyclic) bond motifs is 2. The largest absolute Gasteiger partial charge is 0.417 e. The van der Waals surface area contributed by atoms with Gasteiger partial charge in [-0.15, -0.1) is 0 Å². The van der Waals surface area contributed by atoms with E-state index in [9.17, 15) is 24.0 Å². The van der Waals surface area contributed by atoms with Crippen molar-refractivity contribution in [3.8, 4) is 0 Å². The molecule has 3 heterocycles. The number of nitrogens with zero attached hydrogens (tertiary/aromatic N) is 2. The van der Waals surface area contributed by atoms with Crippen LogP contribution in [0.5, 0.6) is 0 Å². The standard InChI is InChI=1S/C35H53N5O6/c1-6-23(4)31-35(45)39-18-12-11-15-29(39)34(44)36-27(14-10-8-9-13-25(41)7-2)32(42)37-28(33(43)38-31)20-24-21-40(46-5)30-19-22(3)16-17-26(24)30/h16-17,21-23,27-29,31H,6-15,18-20H2,1-5H3,(H,36,44)(H,37,42)(H,38,43). The minimum absolute atomic E-state index is 0.180. The minimum Gasteiger partial charge on any atom is -0.417 e. The molecule has 254 valence electrons. The lowest BCUT2D eigenvalue weighted by molar-refractivity contribution is -0.147. The highest BCUT2D eigenvalue weighted by Crippen LogP contribution is 2.29. The van der Waals surface area contributed by atoms with Crippen molar-refractivity contribution in [2.45, 2.75) is 129 Å². The van der Waals surface area contributed by atoms with Gasteiger partial charge in [-0.05, 0) is 55.9 Å². The lowest BCUT2D eigenvalue weighted by Crippen LogP contribution is -2.64. The highest BCUT2D eigenvalue weighted by Gasteiger charge is 2.41. The second kappa shape index (κ2) is 16.3. The van der Waals surface area contributed by atoms with Crippen molar-refractivity contribution in [1.29, 1.82) is 0 Å². The number of rotatable bonds is 12. The molecule has 3 aliphatic rings. The first-order valence-corrected chi connectivity index (χ1v) is 17.3. The Morgan fingerprint density at radius 2 is 1.74 bits per heavy atom. The van der Waals surface area contributed by atoms with E-state index in [0.717, 1.165) is 48.9 Å². The van der Waals surface area contributed by atoms with Gasteiger partial charge in [0.2, 0.25) is 23.6 Å². The van der Waals surface area contributed by atoms with Crippen LogP contribution in [0.25, 0.3) is 6.08 Å². The predicted molar refractivity (Wildman–Crippen MR) is 176 cm³/mol. The maximum Gasteiger partial charge on any atom is 0.246 e. The van der Waals surface area contributed by atoms with Gasteiger partial charge in [0.15, 0.2) is 0 Å². The quantitative estimate of drug-likeness (QED) is 0.301. The molecule has 6 unspecified atom stereocenters. The average Bonchev–Trinajstić information content (AvgIpc) is 3.40. The predicted octanol–water partition coefficient (Wildman–Crippen LogP) is 3.12. The van der Waals surface area contributed by atoms with Gasteiger partial charge < -0.3 is 25.7 Å². The maximum atomic E-state index is 14.1. The molecule has 1 aromatic rings. The molecular formula is C35H53N5O6. The van der Waals surface area contributed by atoms with E-state index in [-0.39, 0.29) is 29.9 Å². The van der Waals surface area contributed by atoms with E-state index >= 15 is 0 Å². The summed E-state index contributed by atoms with van der Waals surface area (Å²) >= 11 is 0. The fourth-order valence-electron chi connectivity index (χ4n) is 6.80. The lowest BCUT2D eigenvalue weighted by Gasteiger charge is -2.39. The summed E-state index contributed by atoms with van der Waals surface area (Å²) in [5.74, 6) is -1.11. The normalized spacial score (nSPS) is 26.1. The van der Waals surface area contributed by atoms with Crippen LogP contribution in [0.2, 0.25) is 0 Å². The Morgan fingerprint density at radius 1 is 1.00 bits per heavy atom. The molecule has 4 amide bonds. The van der Waals surface area contributed by atoms with Crippen molar-refractivity contribution >= 4 is 35.5 Å². The number of Topliss-reactive ketones (excluding diaryl/α,β-unsaturated/α-hetero) is 1. The van der Waals surface area contributed by atoms with E-state index in [0.29, 0.717) is 51.0 Å². The fraction of sp³-hybridized carbons (Fsp3) is 0.686. The third-order valence-corrected chi connectivity index (χ3v) is 9.90. The summed E-state index contributed by atoms with van der Waals surface area (Å²) in [6.07, 6.45) is 13.1. The Morgan fingerprint density at radius 3 is 2.46 bits per heavy atom. The van der Waals surface area contributed by atoms with Crippen molar-refractivity contribution in [3.63, 3.8) is 0 Å². The van der Waals surface area contributed by atoms with E-state index in [1.165, 1.54) is 0 Å². The van der Waals surface area contributed by atoms with Crippen LogP contribution >= 0.6 is 0 Å². The molecule has 0 spiro atoms. The molecule has 2 saturated heterocycles. The first kappa shape index (κ1) is 35.2. The first-order valence-electron chi connectivity index (χ1n) is 17.3. The van der Waals surface area contributed by atoms with E-state index in [1.54, 1.807) is 16.7 Å². The molecular weight excluding hydrogens is 586 g/mol. The summed E-state index contributed by atoms with van der Waals surface area (Å²) in [6, 6.07) is -3.40. The zero-order chi connectivity index (χ0) is 33.4. The SMILES string of the molecule is CCC(=O)CCCCCC1NC(=O)C2CCCCN2C(=O)C(C(C)CC)NC(=O)C(Cc2cn(OC)c3c2C=CC(C)C3)NC1=O. The monoisotopic (exact) mass is 639 g/mol. The van der Waals surface area contributed by atoms with Crippen LogP contribution in [-0.4, -0.2) is 76.9 Å². The van der Waals surface area contributed by atoms with Gasteiger partial charge in [0.1, 0.15) is 37.1 Å². The zero-order valence-corrected chi connectivity index (χ0v) is 28.2.